The lowest BCUT2D eigenvalue weighted by Crippen LogP contribution is -2.65. The van der Waals surface area contributed by atoms with Gasteiger partial charge in [0.2, 0.25) is 0 Å². The summed E-state index contributed by atoms with van der Waals surface area (Å²) in [5, 5.41) is 31.9. The first-order valence-electron chi connectivity index (χ1n) is 23.9. The number of carbonyl (C=O) groups is 2. The predicted octanol–water partition coefficient (Wildman–Crippen LogP) is 8.26. The van der Waals surface area contributed by atoms with Crippen LogP contribution in [0.3, 0.4) is 0 Å². The van der Waals surface area contributed by atoms with Gasteiger partial charge in [-0.3, -0.25) is 27.7 Å². The summed E-state index contributed by atoms with van der Waals surface area (Å²) in [6.45, 7) is 1.36. The van der Waals surface area contributed by atoms with E-state index in [1.165, 1.54) is 103 Å². The van der Waals surface area contributed by atoms with E-state index in [4.69, 9.17) is 18.5 Å². The Morgan fingerprint density at radius 2 is 0.892 bits per heavy atom. The summed E-state index contributed by atoms with van der Waals surface area (Å²) in [5.74, 6) is -0.534. The summed E-state index contributed by atoms with van der Waals surface area (Å²) in [4.78, 5) is 73.4. The highest BCUT2D eigenvalue weighted by Crippen LogP contribution is 2.51. The molecule has 1 saturated carbocycles. The summed E-state index contributed by atoms with van der Waals surface area (Å²) >= 11 is 4.25. The highest BCUT2D eigenvalue weighted by Gasteiger charge is 2.56. The minimum atomic E-state index is -5.60. The van der Waals surface area contributed by atoms with Gasteiger partial charge in [0.25, 0.3) is 0 Å². The topological polar surface area (TPSA) is 303 Å². The molecular weight excluding hydrogens is 933 g/mol. The Morgan fingerprint density at radius 3 is 1.32 bits per heavy atom. The van der Waals surface area contributed by atoms with Gasteiger partial charge in [-0.05, 0) is 25.0 Å². The molecule has 0 radical (unpaired) electrons. The highest BCUT2D eigenvalue weighted by molar-refractivity contribution is 7.80. The lowest BCUT2D eigenvalue weighted by molar-refractivity contribution is -0.213. The van der Waals surface area contributed by atoms with Crippen molar-refractivity contribution in [3.8, 4) is 0 Å². The van der Waals surface area contributed by atoms with E-state index in [-0.39, 0.29) is 13.0 Å². The number of phosphoric acid groups is 3. The van der Waals surface area contributed by atoms with Crippen molar-refractivity contribution in [2.24, 2.45) is 0 Å². The first kappa shape index (κ1) is 62.5. The van der Waals surface area contributed by atoms with E-state index >= 15 is 0 Å². The Kier molecular flexibility index (Phi) is 35.1. The van der Waals surface area contributed by atoms with E-state index in [1.54, 1.807) is 0 Å². The van der Waals surface area contributed by atoms with Gasteiger partial charge in [-0.25, -0.2) is 13.7 Å². The summed E-state index contributed by atoms with van der Waals surface area (Å²) in [5.41, 5.74) is 0. The second kappa shape index (κ2) is 36.4. The number of aliphatic hydroxyl groups is 3. The fourth-order valence-electron chi connectivity index (χ4n) is 7.65. The van der Waals surface area contributed by atoms with Crippen LogP contribution in [0.5, 0.6) is 0 Å². The van der Waals surface area contributed by atoms with E-state index in [0.29, 0.717) is 12.8 Å². The number of esters is 2. The van der Waals surface area contributed by atoms with Gasteiger partial charge in [-0.15, -0.1) is 0 Å². The van der Waals surface area contributed by atoms with Gasteiger partial charge in [0.1, 0.15) is 42.7 Å². The number of thiol groups is 1. The minimum Gasteiger partial charge on any atom is -0.466 e. The highest BCUT2D eigenvalue weighted by atomic mass is 32.1. The lowest BCUT2D eigenvalue weighted by Gasteiger charge is -2.44. The largest absolute Gasteiger partial charge is 0.472 e. The molecule has 0 aromatic carbocycles. The number of rotatable bonds is 42. The van der Waals surface area contributed by atoms with Crippen LogP contribution in [-0.2, 0) is 50.9 Å². The molecule has 1 aliphatic carbocycles. The summed E-state index contributed by atoms with van der Waals surface area (Å²) < 4.78 is 65.5. The van der Waals surface area contributed by atoms with Crippen molar-refractivity contribution >= 4 is 48.0 Å². The molecule has 8 N–H and O–H groups in total. The fourth-order valence-corrected chi connectivity index (χ4v) is 9.97. The molecule has 0 aliphatic heterocycles. The summed E-state index contributed by atoms with van der Waals surface area (Å²) in [6, 6.07) is 0. The lowest BCUT2D eigenvalue weighted by atomic mass is 9.85. The number of phosphoric ester groups is 3. The number of unbranched alkanes of at least 4 members (excludes halogenated alkanes) is 25. The normalized spacial score (nSPS) is 21.8. The van der Waals surface area contributed by atoms with Gasteiger partial charge < -0.3 is 49.3 Å². The minimum absolute atomic E-state index is 0.00919. The predicted molar refractivity (Wildman–Crippen MR) is 247 cm³/mol. The molecule has 0 heterocycles. The molecule has 8 atom stereocenters. The van der Waals surface area contributed by atoms with Crippen LogP contribution in [0, 0.1) is 0 Å². The first-order chi connectivity index (χ1) is 30.8. The molecule has 0 bridgehead atoms. The van der Waals surface area contributed by atoms with Crippen LogP contribution >= 0.6 is 36.1 Å². The molecule has 0 aromatic rings. The second-order valence-corrected chi connectivity index (χ2v) is 21.4. The van der Waals surface area contributed by atoms with E-state index < -0.39 is 91.2 Å². The SMILES string of the molecule is CCCCCCCCCCCCCCCC(=O)O[C@@H](COP(=O)(O)OC1C(O)[C@H](O)C(OP(=O)(O)O)[C@H](OP(=O)(O)O)[C@@H]1O)CC(=O)OCCCCCCCCCCCCCCCCS. The number of hydrogen-bond donors (Lipinski definition) is 9. The molecule has 1 fully saturated rings. The average molecular weight is 1020 g/mol. The van der Waals surface area contributed by atoms with Gasteiger partial charge >= 0.3 is 35.4 Å². The van der Waals surface area contributed by atoms with Gasteiger partial charge in [0, 0.05) is 6.42 Å². The molecule has 1 rings (SSSR count). The van der Waals surface area contributed by atoms with E-state index in [0.717, 1.165) is 63.5 Å². The van der Waals surface area contributed by atoms with Gasteiger partial charge in [0.05, 0.1) is 19.6 Å². The molecule has 386 valence electrons. The quantitative estimate of drug-likeness (QED) is 0.0120. The van der Waals surface area contributed by atoms with E-state index in [1.807, 2.05) is 0 Å². The van der Waals surface area contributed by atoms with Crippen LogP contribution in [0.25, 0.3) is 0 Å². The third-order valence-electron chi connectivity index (χ3n) is 11.2. The molecule has 0 amide bonds. The van der Waals surface area contributed by atoms with Crippen molar-refractivity contribution in [3.63, 3.8) is 0 Å². The molecule has 65 heavy (non-hydrogen) atoms. The molecule has 0 aromatic heterocycles. The Balaban J connectivity index is 2.71. The zero-order valence-electron chi connectivity index (χ0n) is 38.5. The number of ether oxygens (including phenoxy) is 2. The van der Waals surface area contributed by atoms with E-state index in [9.17, 15) is 63.1 Å². The Hall–Kier alpha value is -0.500. The molecule has 23 heteroatoms. The van der Waals surface area contributed by atoms with Crippen LogP contribution in [0.4, 0.5) is 0 Å². The molecular formula is C42H83O19P3S. The van der Waals surface area contributed by atoms with Gasteiger partial charge in [-0.2, -0.15) is 12.6 Å². The molecule has 19 nitrogen and oxygen atoms in total. The van der Waals surface area contributed by atoms with Crippen LogP contribution in [0.2, 0.25) is 0 Å². The molecule has 0 saturated heterocycles. The van der Waals surface area contributed by atoms with Crippen molar-refractivity contribution in [1.29, 1.82) is 0 Å². The standard InChI is InChI=1S/C42H83O19P3S/c1-2-3-4-5-6-7-8-11-14-17-20-23-26-29-35(43)58-34(32-36(44)56-30-27-24-21-18-15-12-9-10-13-16-19-22-25-28-31-65)33-57-64(54,55)61-40-37(45)38(46)41(59-62(48,49)50)42(39(40)47)60-63(51,52)53/h34,37-42,45-47,65H,2-33H2,1H3,(H,54,55)(H2,48,49,50)(H2,51,52,53)/t34-,37?,38+,39-,40?,41?,42-/m1/s1. The number of hydrogen-bond acceptors (Lipinski definition) is 15. The Labute approximate surface area is 392 Å². The van der Waals surface area contributed by atoms with Crippen molar-refractivity contribution < 1.29 is 90.6 Å². The van der Waals surface area contributed by atoms with Crippen molar-refractivity contribution in [2.75, 3.05) is 19.0 Å². The van der Waals surface area contributed by atoms with Gasteiger partial charge in [-0.1, -0.05) is 161 Å². The van der Waals surface area contributed by atoms with Crippen molar-refractivity contribution in [2.45, 2.75) is 236 Å². The maximum Gasteiger partial charge on any atom is 0.472 e. The van der Waals surface area contributed by atoms with Crippen LogP contribution in [0.1, 0.15) is 193 Å². The summed E-state index contributed by atoms with van der Waals surface area (Å²) in [6.07, 6.45) is 13.1. The van der Waals surface area contributed by atoms with Crippen molar-refractivity contribution in [3.05, 3.63) is 0 Å². The van der Waals surface area contributed by atoms with E-state index in [2.05, 4.69) is 28.6 Å². The zero-order chi connectivity index (χ0) is 48.6. The number of aliphatic hydroxyl groups excluding tert-OH is 3. The molecule has 4 unspecified atom stereocenters. The maximum absolute atomic E-state index is 13.1. The maximum atomic E-state index is 13.1. The Morgan fingerprint density at radius 1 is 0.508 bits per heavy atom. The molecule has 0 spiro atoms. The second-order valence-electron chi connectivity index (χ2n) is 17.1. The van der Waals surface area contributed by atoms with Crippen LogP contribution < -0.4 is 0 Å². The number of carbonyl (C=O) groups excluding carboxylic acids is 2. The molecule has 1 aliphatic rings. The Bertz CT molecular complexity index is 1390. The zero-order valence-corrected chi connectivity index (χ0v) is 42.1. The van der Waals surface area contributed by atoms with Crippen molar-refractivity contribution in [1.82, 2.24) is 0 Å². The van der Waals surface area contributed by atoms with Crippen LogP contribution in [-0.4, -0.2) is 113 Å². The smallest absolute Gasteiger partial charge is 0.466 e. The summed E-state index contributed by atoms with van der Waals surface area (Å²) in [7, 11) is -16.6. The van der Waals surface area contributed by atoms with Gasteiger partial charge in [0.15, 0.2) is 0 Å². The monoisotopic (exact) mass is 1020 g/mol. The average Bonchev–Trinajstić information content (AvgIpc) is 3.22. The fraction of sp³-hybridized carbons (Fsp3) is 0.952. The van der Waals surface area contributed by atoms with Crippen LogP contribution in [0.15, 0.2) is 0 Å². The third kappa shape index (κ3) is 32.9. The first-order valence-corrected chi connectivity index (χ1v) is 29.1. The third-order valence-corrected chi connectivity index (χ3v) is 13.5.